The summed E-state index contributed by atoms with van der Waals surface area (Å²) in [4.78, 5) is 25.9. The standard InChI is InChI=1S/C16H23N5O2/c1-3-21(2)11-10-17-14(22)8-9-18-16(23)15-12-6-4-5-7-13(12)19-20-15/h4-7H,3,8-11H2,1-2H3,(H,17,22)(H,18,23)(H,19,20). The van der Waals surface area contributed by atoms with Crippen molar-refractivity contribution in [1.29, 1.82) is 0 Å². The van der Waals surface area contributed by atoms with Crippen molar-refractivity contribution >= 4 is 22.7 Å². The van der Waals surface area contributed by atoms with Gasteiger partial charge in [-0.15, -0.1) is 0 Å². The number of carbonyl (C=O) groups is 2. The highest BCUT2D eigenvalue weighted by atomic mass is 16.2. The Bertz CT molecular complexity index is 667. The number of carbonyl (C=O) groups excluding carboxylic acids is 2. The minimum Gasteiger partial charge on any atom is -0.355 e. The highest BCUT2D eigenvalue weighted by Crippen LogP contribution is 2.14. The van der Waals surface area contributed by atoms with Crippen LogP contribution in [0.4, 0.5) is 0 Å². The number of fused-ring (bicyclic) bond motifs is 1. The number of nitrogens with zero attached hydrogens (tertiary/aromatic N) is 2. The minimum atomic E-state index is -0.277. The van der Waals surface area contributed by atoms with E-state index in [1.165, 1.54) is 0 Å². The van der Waals surface area contributed by atoms with Crippen molar-refractivity contribution in [2.45, 2.75) is 13.3 Å². The SMILES string of the molecule is CCN(C)CCNC(=O)CCNC(=O)c1n[nH]c2ccccc12. The molecule has 0 aliphatic carbocycles. The van der Waals surface area contributed by atoms with Gasteiger partial charge in [0.1, 0.15) is 0 Å². The molecular formula is C16H23N5O2. The van der Waals surface area contributed by atoms with Gasteiger partial charge in [-0.1, -0.05) is 25.1 Å². The van der Waals surface area contributed by atoms with Gasteiger partial charge in [0, 0.05) is 31.4 Å². The van der Waals surface area contributed by atoms with Crippen LogP contribution in [0.1, 0.15) is 23.8 Å². The molecule has 1 aromatic heterocycles. The smallest absolute Gasteiger partial charge is 0.272 e. The Labute approximate surface area is 135 Å². The first kappa shape index (κ1) is 17.0. The number of hydrogen-bond acceptors (Lipinski definition) is 4. The monoisotopic (exact) mass is 317 g/mol. The molecule has 2 aromatic rings. The van der Waals surface area contributed by atoms with Crippen LogP contribution in [0.15, 0.2) is 24.3 Å². The predicted molar refractivity (Wildman–Crippen MR) is 89.2 cm³/mol. The van der Waals surface area contributed by atoms with Crippen molar-refractivity contribution in [1.82, 2.24) is 25.7 Å². The Morgan fingerprint density at radius 3 is 2.78 bits per heavy atom. The fourth-order valence-electron chi connectivity index (χ4n) is 2.14. The van der Waals surface area contributed by atoms with Gasteiger partial charge >= 0.3 is 0 Å². The number of aromatic amines is 1. The average Bonchev–Trinajstić information content (AvgIpc) is 2.98. The zero-order valence-corrected chi connectivity index (χ0v) is 13.6. The molecule has 0 aliphatic rings. The van der Waals surface area contributed by atoms with Gasteiger partial charge in [-0.2, -0.15) is 5.10 Å². The van der Waals surface area contributed by atoms with Crippen LogP contribution < -0.4 is 10.6 Å². The van der Waals surface area contributed by atoms with E-state index in [1.807, 2.05) is 31.3 Å². The van der Waals surface area contributed by atoms with E-state index >= 15 is 0 Å². The molecule has 0 aliphatic heterocycles. The van der Waals surface area contributed by atoms with E-state index < -0.39 is 0 Å². The molecule has 0 fully saturated rings. The van der Waals surface area contributed by atoms with Gasteiger partial charge < -0.3 is 15.5 Å². The normalized spacial score (nSPS) is 10.9. The summed E-state index contributed by atoms with van der Waals surface area (Å²) in [7, 11) is 2.00. The predicted octanol–water partition coefficient (Wildman–Crippen LogP) is 0.751. The first-order valence-electron chi connectivity index (χ1n) is 7.78. The number of aromatic nitrogens is 2. The Hall–Kier alpha value is -2.41. The van der Waals surface area contributed by atoms with Gasteiger partial charge in [-0.25, -0.2) is 0 Å². The molecule has 7 heteroatoms. The van der Waals surface area contributed by atoms with Crippen molar-refractivity contribution in [2.75, 3.05) is 33.2 Å². The number of amides is 2. The first-order valence-corrected chi connectivity index (χ1v) is 7.78. The van der Waals surface area contributed by atoms with Crippen LogP contribution >= 0.6 is 0 Å². The van der Waals surface area contributed by atoms with Crippen molar-refractivity contribution in [3.63, 3.8) is 0 Å². The summed E-state index contributed by atoms with van der Waals surface area (Å²) >= 11 is 0. The third-order valence-corrected chi connectivity index (χ3v) is 3.68. The quantitative estimate of drug-likeness (QED) is 0.670. The van der Waals surface area contributed by atoms with E-state index in [0.29, 0.717) is 12.2 Å². The third kappa shape index (κ3) is 4.79. The van der Waals surface area contributed by atoms with Crippen LogP contribution in [0, 0.1) is 0 Å². The fourth-order valence-corrected chi connectivity index (χ4v) is 2.14. The lowest BCUT2D eigenvalue weighted by Gasteiger charge is -2.13. The molecule has 0 spiro atoms. The lowest BCUT2D eigenvalue weighted by molar-refractivity contribution is -0.120. The largest absolute Gasteiger partial charge is 0.355 e. The number of rotatable bonds is 8. The molecule has 2 amide bonds. The summed E-state index contributed by atoms with van der Waals surface area (Å²) in [6.07, 6.45) is 0.254. The van der Waals surface area contributed by atoms with E-state index in [-0.39, 0.29) is 24.8 Å². The Kier molecular flexibility index (Phi) is 6.10. The van der Waals surface area contributed by atoms with Crippen LogP contribution in [0.2, 0.25) is 0 Å². The molecule has 0 atom stereocenters. The van der Waals surface area contributed by atoms with Crippen molar-refractivity contribution in [3.8, 4) is 0 Å². The van der Waals surface area contributed by atoms with E-state index in [2.05, 4.69) is 32.7 Å². The number of para-hydroxylation sites is 1. The number of likely N-dealkylation sites (N-methyl/N-ethyl adjacent to an activating group) is 1. The van der Waals surface area contributed by atoms with Crippen molar-refractivity contribution < 1.29 is 9.59 Å². The van der Waals surface area contributed by atoms with Crippen LogP contribution in [-0.4, -0.2) is 60.1 Å². The molecule has 23 heavy (non-hydrogen) atoms. The van der Waals surface area contributed by atoms with E-state index in [1.54, 1.807) is 0 Å². The summed E-state index contributed by atoms with van der Waals surface area (Å²) in [5, 5.41) is 13.2. The fraction of sp³-hybridized carbons (Fsp3) is 0.438. The van der Waals surface area contributed by atoms with E-state index in [4.69, 9.17) is 0 Å². The second kappa shape index (κ2) is 8.28. The number of hydrogen-bond donors (Lipinski definition) is 3. The molecule has 2 rings (SSSR count). The zero-order chi connectivity index (χ0) is 16.7. The maximum atomic E-state index is 12.1. The molecule has 1 heterocycles. The summed E-state index contributed by atoms with van der Waals surface area (Å²) in [5.41, 5.74) is 1.17. The first-order chi connectivity index (χ1) is 11.1. The average molecular weight is 317 g/mol. The number of nitrogens with one attached hydrogen (secondary N) is 3. The van der Waals surface area contributed by atoms with Gasteiger partial charge in [0.25, 0.3) is 5.91 Å². The van der Waals surface area contributed by atoms with Gasteiger partial charge in [-0.05, 0) is 19.7 Å². The lowest BCUT2D eigenvalue weighted by atomic mass is 10.2. The Morgan fingerprint density at radius 2 is 2.00 bits per heavy atom. The van der Waals surface area contributed by atoms with Crippen LogP contribution in [0.3, 0.4) is 0 Å². The van der Waals surface area contributed by atoms with Gasteiger partial charge in [0.15, 0.2) is 5.69 Å². The molecule has 7 nitrogen and oxygen atoms in total. The summed E-state index contributed by atoms with van der Waals surface area (Å²) in [6, 6.07) is 7.43. The highest BCUT2D eigenvalue weighted by molar-refractivity contribution is 6.04. The maximum absolute atomic E-state index is 12.1. The van der Waals surface area contributed by atoms with E-state index in [9.17, 15) is 9.59 Å². The van der Waals surface area contributed by atoms with Crippen molar-refractivity contribution in [3.05, 3.63) is 30.0 Å². The van der Waals surface area contributed by atoms with Crippen LogP contribution in [0.25, 0.3) is 10.9 Å². The lowest BCUT2D eigenvalue weighted by Crippen LogP contribution is -2.35. The summed E-state index contributed by atoms with van der Waals surface area (Å²) in [6.45, 7) is 4.73. The number of benzene rings is 1. The second-order valence-corrected chi connectivity index (χ2v) is 5.37. The molecule has 1 aromatic carbocycles. The molecular weight excluding hydrogens is 294 g/mol. The molecule has 0 radical (unpaired) electrons. The molecule has 3 N–H and O–H groups in total. The Morgan fingerprint density at radius 1 is 1.22 bits per heavy atom. The van der Waals surface area contributed by atoms with Gasteiger partial charge in [0.2, 0.25) is 5.91 Å². The minimum absolute atomic E-state index is 0.0679. The van der Waals surface area contributed by atoms with Crippen LogP contribution in [-0.2, 0) is 4.79 Å². The zero-order valence-electron chi connectivity index (χ0n) is 13.6. The Balaban J connectivity index is 1.73. The third-order valence-electron chi connectivity index (χ3n) is 3.68. The topological polar surface area (TPSA) is 90.1 Å². The molecule has 0 unspecified atom stereocenters. The summed E-state index contributed by atoms with van der Waals surface area (Å²) in [5.74, 6) is -0.345. The van der Waals surface area contributed by atoms with Gasteiger partial charge in [0.05, 0.1) is 5.52 Å². The molecule has 124 valence electrons. The summed E-state index contributed by atoms with van der Waals surface area (Å²) < 4.78 is 0. The van der Waals surface area contributed by atoms with Crippen molar-refractivity contribution in [2.24, 2.45) is 0 Å². The molecule has 0 saturated carbocycles. The molecule has 0 bridgehead atoms. The second-order valence-electron chi connectivity index (χ2n) is 5.37. The number of H-pyrrole nitrogens is 1. The van der Waals surface area contributed by atoms with Gasteiger partial charge in [-0.3, -0.25) is 14.7 Å². The maximum Gasteiger partial charge on any atom is 0.272 e. The van der Waals surface area contributed by atoms with E-state index in [0.717, 1.165) is 24.0 Å². The molecule has 0 saturated heterocycles. The van der Waals surface area contributed by atoms with Crippen LogP contribution in [0.5, 0.6) is 0 Å². The highest BCUT2D eigenvalue weighted by Gasteiger charge is 2.13.